The Kier molecular flexibility index (Phi) is 6.99. The third-order valence-corrected chi connectivity index (χ3v) is 6.08. The number of nitrogens with one attached hydrogen (secondary N) is 1. The fraction of sp³-hybridized carbons (Fsp3) is 0.273. The number of carbonyl (C=O) groups is 1. The molecule has 1 N–H and O–H groups in total. The van der Waals surface area contributed by atoms with Gasteiger partial charge in [-0.1, -0.05) is 30.7 Å². The number of sulfonamides is 1. The molecule has 0 atom stereocenters. The van der Waals surface area contributed by atoms with E-state index < -0.39 is 21.7 Å². The van der Waals surface area contributed by atoms with E-state index in [-0.39, 0.29) is 10.5 Å². The average molecular weight is 430 g/mol. The third kappa shape index (κ3) is 5.76. The molecule has 0 saturated carbocycles. The van der Waals surface area contributed by atoms with E-state index in [0.717, 1.165) is 25.8 Å². The highest BCUT2D eigenvalue weighted by Crippen LogP contribution is 2.20. The van der Waals surface area contributed by atoms with Crippen molar-refractivity contribution in [3.05, 3.63) is 66.0 Å². The molecule has 2 aromatic rings. The van der Waals surface area contributed by atoms with Crippen LogP contribution in [0.25, 0.3) is 6.08 Å². The number of halogens is 1. The lowest BCUT2D eigenvalue weighted by molar-refractivity contribution is -0.111. The normalized spacial score (nSPS) is 16.6. The lowest BCUT2D eigenvalue weighted by Crippen LogP contribution is -2.26. The molecule has 1 fully saturated rings. The highest BCUT2D eigenvalue weighted by molar-refractivity contribution is 7.90. The van der Waals surface area contributed by atoms with Crippen molar-refractivity contribution in [2.75, 3.05) is 18.9 Å². The molecule has 6 nitrogen and oxygen atoms in total. The van der Waals surface area contributed by atoms with Gasteiger partial charge in [-0.15, -0.1) is 4.40 Å². The molecular weight excluding hydrogens is 405 g/mol. The number of hydrogen-bond donors (Lipinski definition) is 1. The molecule has 1 saturated heterocycles. The Hall–Kier alpha value is -3.00. The van der Waals surface area contributed by atoms with Crippen molar-refractivity contribution in [3.8, 4) is 0 Å². The fourth-order valence-electron chi connectivity index (χ4n) is 3.13. The fourth-order valence-corrected chi connectivity index (χ4v) is 4.27. The molecule has 0 spiro atoms. The summed E-state index contributed by atoms with van der Waals surface area (Å²) >= 11 is 0. The van der Waals surface area contributed by atoms with Gasteiger partial charge in [-0.05, 0) is 43.2 Å². The zero-order valence-electron chi connectivity index (χ0n) is 16.7. The van der Waals surface area contributed by atoms with Gasteiger partial charge in [0.15, 0.2) is 0 Å². The second-order valence-electron chi connectivity index (χ2n) is 7.09. The Labute approximate surface area is 176 Å². The quantitative estimate of drug-likeness (QED) is 0.727. The van der Waals surface area contributed by atoms with Crippen LogP contribution in [0.5, 0.6) is 0 Å². The molecule has 1 aliphatic heterocycles. The van der Waals surface area contributed by atoms with Gasteiger partial charge in [-0.2, -0.15) is 8.42 Å². The zero-order valence-corrected chi connectivity index (χ0v) is 17.5. The number of amidine groups is 1. The van der Waals surface area contributed by atoms with Crippen molar-refractivity contribution in [1.82, 2.24) is 4.90 Å². The van der Waals surface area contributed by atoms with Gasteiger partial charge in [0.05, 0.1) is 4.90 Å². The first-order valence-electron chi connectivity index (χ1n) is 9.74. The average Bonchev–Trinajstić information content (AvgIpc) is 2.91. The van der Waals surface area contributed by atoms with E-state index in [0.29, 0.717) is 17.9 Å². The van der Waals surface area contributed by atoms with Crippen LogP contribution in [0.3, 0.4) is 0 Å². The minimum absolute atomic E-state index is 0.00327. The van der Waals surface area contributed by atoms with Gasteiger partial charge in [0, 0.05) is 37.3 Å². The SMILES string of the molecule is CN1CCCCC/C1=N\S(=O)(=O)c1cccc(NC(=O)/C=C/c2ccccc2F)c1. The molecule has 3 rings (SSSR count). The minimum Gasteiger partial charge on any atom is -0.362 e. The molecule has 8 heteroatoms. The Bertz CT molecular complexity index is 1080. The molecule has 2 aromatic carbocycles. The molecule has 158 valence electrons. The molecule has 0 aliphatic carbocycles. The number of rotatable bonds is 5. The van der Waals surface area contributed by atoms with Crippen molar-refractivity contribution >= 4 is 33.5 Å². The molecular formula is C22H24FN3O3S. The molecule has 0 aromatic heterocycles. The Morgan fingerprint density at radius 2 is 1.93 bits per heavy atom. The summed E-state index contributed by atoms with van der Waals surface area (Å²) < 4.78 is 43.2. The molecule has 30 heavy (non-hydrogen) atoms. The lowest BCUT2D eigenvalue weighted by Gasteiger charge is -2.17. The van der Waals surface area contributed by atoms with Crippen LogP contribution in [-0.2, 0) is 14.8 Å². The van der Waals surface area contributed by atoms with Gasteiger partial charge >= 0.3 is 0 Å². The van der Waals surface area contributed by atoms with Crippen molar-refractivity contribution in [2.45, 2.75) is 30.6 Å². The highest BCUT2D eigenvalue weighted by Gasteiger charge is 2.18. The van der Waals surface area contributed by atoms with Gasteiger partial charge in [0.25, 0.3) is 10.0 Å². The third-order valence-electron chi connectivity index (χ3n) is 4.78. The maximum Gasteiger partial charge on any atom is 0.284 e. The predicted molar refractivity (Wildman–Crippen MR) is 116 cm³/mol. The van der Waals surface area contributed by atoms with Crippen molar-refractivity contribution in [1.29, 1.82) is 0 Å². The number of hydrogen-bond acceptors (Lipinski definition) is 3. The van der Waals surface area contributed by atoms with Crippen LogP contribution >= 0.6 is 0 Å². The molecule has 1 heterocycles. The molecule has 0 unspecified atom stereocenters. The van der Waals surface area contributed by atoms with Crippen LogP contribution in [0.1, 0.15) is 31.2 Å². The second-order valence-corrected chi connectivity index (χ2v) is 8.69. The van der Waals surface area contributed by atoms with Gasteiger partial charge < -0.3 is 10.2 Å². The number of amides is 1. The van der Waals surface area contributed by atoms with E-state index in [1.165, 1.54) is 30.4 Å². The summed E-state index contributed by atoms with van der Waals surface area (Å²) in [6.07, 6.45) is 6.14. The van der Waals surface area contributed by atoms with E-state index in [1.54, 1.807) is 30.3 Å². The number of carbonyl (C=O) groups excluding carboxylic acids is 1. The maximum atomic E-state index is 13.6. The van der Waals surface area contributed by atoms with Crippen LogP contribution in [-0.4, -0.2) is 38.7 Å². The summed E-state index contributed by atoms with van der Waals surface area (Å²) in [5.74, 6) is -0.380. The number of benzene rings is 2. The molecule has 1 amide bonds. The largest absolute Gasteiger partial charge is 0.362 e. The number of anilines is 1. The second kappa shape index (κ2) is 9.67. The summed E-state index contributed by atoms with van der Waals surface area (Å²) in [6.45, 7) is 0.777. The Morgan fingerprint density at radius 3 is 2.73 bits per heavy atom. The van der Waals surface area contributed by atoms with Crippen LogP contribution in [0.4, 0.5) is 10.1 Å². The van der Waals surface area contributed by atoms with E-state index in [9.17, 15) is 17.6 Å². The van der Waals surface area contributed by atoms with Gasteiger partial charge in [-0.3, -0.25) is 4.79 Å². The molecule has 0 radical (unpaired) electrons. The van der Waals surface area contributed by atoms with E-state index >= 15 is 0 Å². The summed E-state index contributed by atoms with van der Waals surface area (Å²) in [5.41, 5.74) is 0.598. The summed E-state index contributed by atoms with van der Waals surface area (Å²) in [4.78, 5) is 14.0. The smallest absolute Gasteiger partial charge is 0.284 e. The lowest BCUT2D eigenvalue weighted by atomic mass is 10.2. The Morgan fingerprint density at radius 1 is 1.13 bits per heavy atom. The van der Waals surface area contributed by atoms with Crippen molar-refractivity contribution in [2.24, 2.45) is 4.40 Å². The Balaban J connectivity index is 1.75. The first-order valence-corrected chi connectivity index (χ1v) is 11.2. The van der Waals surface area contributed by atoms with E-state index in [4.69, 9.17) is 0 Å². The van der Waals surface area contributed by atoms with Crippen molar-refractivity contribution in [3.63, 3.8) is 0 Å². The molecule has 1 aliphatic rings. The predicted octanol–water partition coefficient (Wildman–Crippen LogP) is 4.07. The van der Waals surface area contributed by atoms with E-state index in [1.807, 2.05) is 11.9 Å². The van der Waals surface area contributed by atoms with Crippen LogP contribution in [0.15, 0.2) is 63.9 Å². The van der Waals surface area contributed by atoms with Gasteiger partial charge in [-0.25, -0.2) is 4.39 Å². The zero-order chi connectivity index (χ0) is 21.6. The standard InChI is InChI=1S/C22H24FN3O3S/c1-26-15-6-2-3-12-21(26)25-30(28,29)19-10-7-9-18(16-19)24-22(27)14-13-17-8-4-5-11-20(17)23/h4-5,7-11,13-14,16H,2-3,6,12,15H2,1H3,(H,24,27)/b14-13+,25-21+. The summed E-state index contributed by atoms with van der Waals surface area (Å²) in [7, 11) is -2.06. The summed E-state index contributed by atoms with van der Waals surface area (Å²) in [5, 5.41) is 2.60. The summed E-state index contributed by atoms with van der Waals surface area (Å²) in [6, 6.07) is 12.0. The highest BCUT2D eigenvalue weighted by atomic mass is 32.2. The molecule has 0 bridgehead atoms. The number of likely N-dealkylation sites (tertiary alicyclic amines) is 1. The van der Waals surface area contributed by atoms with Gasteiger partial charge in [0.1, 0.15) is 11.7 Å². The number of nitrogens with zero attached hydrogens (tertiary/aromatic N) is 2. The first-order chi connectivity index (χ1) is 14.3. The van der Waals surface area contributed by atoms with Gasteiger partial charge in [0.2, 0.25) is 5.91 Å². The van der Waals surface area contributed by atoms with Crippen LogP contribution in [0.2, 0.25) is 0 Å². The minimum atomic E-state index is -3.90. The van der Waals surface area contributed by atoms with Crippen LogP contribution in [0, 0.1) is 5.82 Å². The van der Waals surface area contributed by atoms with E-state index in [2.05, 4.69) is 9.71 Å². The first kappa shape index (κ1) is 21.7. The van der Waals surface area contributed by atoms with Crippen LogP contribution < -0.4 is 5.32 Å². The van der Waals surface area contributed by atoms with Crippen molar-refractivity contribution < 1.29 is 17.6 Å². The monoisotopic (exact) mass is 429 g/mol. The maximum absolute atomic E-state index is 13.6. The topological polar surface area (TPSA) is 78.8 Å².